The minimum absolute atomic E-state index is 0.0327. The van der Waals surface area contributed by atoms with Gasteiger partial charge in [-0.2, -0.15) is 5.26 Å². The summed E-state index contributed by atoms with van der Waals surface area (Å²) in [7, 11) is 0. The number of esters is 1. The van der Waals surface area contributed by atoms with Gasteiger partial charge in [-0.15, -0.1) is 0 Å². The van der Waals surface area contributed by atoms with Gasteiger partial charge in [0.05, 0.1) is 11.6 Å². The summed E-state index contributed by atoms with van der Waals surface area (Å²) in [5.74, 6) is -0.935. The fourth-order valence-electron chi connectivity index (χ4n) is 3.08. The van der Waals surface area contributed by atoms with Crippen LogP contribution in [0.3, 0.4) is 0 Å². The standard InChI is InChI=1S/C20H25NO5/c1-19(2,3)26-17(23)10-13(22)9-15-14-8-12(11-21)6-7-16(14)25-20(4,5)18(15)24/h6-8,15,18,24H,9-10H2,1-5H3/t15-,18+/m1/s1. The van der Waals surface area contributed by atoms with E-state index in [0.717, 1.165) is 0 Å². The van der Waals surface area contributed by atoms with E-state index in [-0.39, 0.29) is 18.6 Å². The molecular weight excluding hydrogens is 334 g/mol. The van der Waals surface area contributed by atoms with Crippen LogP contribution in [0, 0.1) is 11.3 Å². The first-order chi connectivity index (χ1) is 11.9. The number of rotatable bonds is 4. The number of benzene rings is 1. The van der Waals surface area contributed by atoms with E-state index in [1.807, 2.05) is 6.07 Å². The van der Waals surface area contributed by atoms with Crippen molar-refractivity contribution in [1.29, 1.82) is 5.26 Å². The van der Waals surface area contributed by atoms with Crippen molar-refractivity contribution in [2.45, 2.75) is 70.7 Å². The normalized spacial score (nSPS) is 21.1. The maximum absolute atomic E-state index is 12.4. The lowest BCUT2D eigenvalue weighted by atomic mass is 9.78. The number of ether oxygens (including phenoxy) is 2. The summed E-state index contributed by atoms with van der Waals surface area (Å²) in [6, 6.07) is 6.98. The van der Waals surface area contributed by atoms with Gasteiger partial charge in [0, 0.05) is 17.9 Å². The van der Waals surface area contributed by atoms with Gasteiger partial charge >= 0.3 is 5.97 Å². The molecule has 0 aromatic heterocycles. The Morgan fingerprint density at radius 2 is 2.00 bits per heavy atom. The first kappa shape index (κ1) is 19.9. The van der Waals surface area contributed by atoms with Crippen LogP contribution in [0.5, 0.6) is 5.75 Å². The molecule has 1 heterocycles. The van der Waals surface area contributed by atoms with E-state index in [9.17, 15) is 14.7 Å². The molecule has 1 aliphatic rings. The van der Waals surface area contributed by atoms with E-state index >= 15 is 0 Å². The molecule has 0 fully saturated rings. The molecule has 26 heavy (non-hydrogen) atoms. The highest BCUT2D eigenvalue weighted by Crippen LogP contribution is 2.43. The van der Waals surface area contributed by atoms with Crippen molar-refractivity contribution in [3.63, 3.8) is 0 Å². The fraction of sp³-hybridized carbons (Fsp3) is 0.550. The quantitative estimate of drug-likeness (QED) is 0.656. The third-order valence-corrected chi connectivity index (χ3v) is 4.21. The topological polar surface area (TPSA) is 96.6 Å². The number of aliphatic hydroxyl groups excluding tert-OH is 1. The Morgan fingerprint density at radius 3 is 2.58 bits per heavy atom. The third kappa shape index (κ3) is 4.61. The minimum Gasteiger partial charge on any atom is -0.485 e. The summed E-state index contributed by atoms with van der Waals surface area (Å²) in [5, 5.41) is 19.8. The van der Waals surface area contributed by atoms with Crippen molar-refractivity contribution >= 4 is 11.8 Å². The van der Waals surface area contributed by atoms with Crippen molar-refractivity contribution in [2.24, 2.45) is 0 Å². The average Bonchev–Trinajstić information content (AvgIpc) is 2.49. The summed E-state index contributed by atoms with van der Waals surface area (Å²) in [6.07, 6.45) is -1.34. The summed E-state index contributed by atoms with van der Waals surface area (Å²) in [4.78, 5) is 24.3. The Labute approximate surface area is 153 Å². The van der Waals surface area contributed by atoms with E-state index in [0.29, 0.717) is 16.9 Å². The second-order valence-electron chi connectivity index (χ2n) is 8.13. The van der Waals surface area contributed by atoms with Crippen LogP contribution in [0.15, 0.2) is 18.2 Å². The molecule has 1 aromatic carbocycles. The Morgan fingerprint density at radius 1 is 1.35 bits per heavy atom. The largest absolute Gasteiger partial charge is 0.485 e. The van der Waals surface area contributed by atoms with Crippen molar-refractivity contribution in [3.05, 3.63) is 29.3 Å². The van der Waals surface area contributed by atoms with Gasteiger partial charge in [-0.3, -0.25) is 9.59 Å². The smallest absolute Gasteiger partial charge is 0.313 e. The molecule has 0 saturated carbocycles. The van der Waals surface area contributed by atoms with Gasteiger partial charge in [-0.25, -0.2) is 0 Å². The second kappa shape index (κ2) is 7.08. The zero-order chi connectivity index (χ0) is 19.7. The number of hydrogen-bond donors (Lipinski definition) is 1. The van der Waals surface area contributed by atoms with Gasteiger partial charge in [-0.05, 0) is 52.8 Å². The molecule has 2 rings (SSSR count). The van der Waals surface area contributed by atoms with Crippen LogP contribution in [-0.2, 0) is 14.3 Å². The summed E-state index contributed by atoms with van der Waals surface area (Å²) >= 11 is 0. The lowest BCUT2D eigenvalue weighted by molar-refractivity contribution is -0.156. The summed E-state index contributed by atoms with van der Waals surface area (Å²) in [5.41, 5.74) is -0.526. The van der Waals surface area contributed by atoms with Crippen LogP contribution in [-0.4, -0.2) is 34.2 Å². The maximum atomic E-state index is 12.4. The molecule has 140 valence electrons. The number of carbonyl (C=O) groups excluding carboxylic acids is 2. The Bertz CT molecular complexity index is 754. The Kier molecular flexibility index (Phi) is 5.43. The molecule has 0 bridgehead atoms. The van der Waals surface area contributed by atoms with Crippen LogP contribution in [0.25, 0.3) is 0 Å². The Hall–Kier alpha value is -2.39. The molecule has 0 spiro atoms. The van der Waals surface area contributed by atoms with E-state index in [1.54, 1.807) is 52.8 Å². The van der Waals surface area contributed by atoms with Crippen LogP contribution < -0.4 is 4.74 Å². The molecule has 1 aliphatic heterocycles. The molecule has 6 nitrogen and oxygen atoms in total. The first-order valence-corrected chi connectivity index (χ1v) is 8.57. The SMILES string of the molecule is CC(C)(C)OC(=O)CC(=O)C[C@@H]1c2cc(C#N)ccc2OC(C)(C)[C@H]1O. The van der Waals surface area contributed by atoms with Gasteiger partial charge < -0.3 is 14.6 Å². The van der Waals surface area contributed by atoms with Gasteiger partial charge in [0.25, 0.3) is 0 Å². The van der Waals surface area contributed by atoms with Crippen LogP contribution in [0.4, 0.5) is 0 Å². The van der Waals surface area contributed by atoms with Crippen molar-refractivity contribution in [1.82, 2.24) is 0 Å². The fourth-order valence-corrected chi connectivity index (χ4v) is 3.08. The molecule has 0 aliphatic carbocycles. The number of Topliss-reactive ketones (excluding diaryl/α,β-unsaturated/α-hetero) is 1. The number of ketones is 1. The lowest BCUT2D eigenvalue weighted by Gasteiger charge is -2.42. The number of fused-ring (bicyclic) bond motifs is 1. The lowest BCUT2D eigenvalue weighted by Crippen LogP contribution is -2.49. The number of nitriles is 1. The molecule has 6 heteroatoms. The molecule has 1 N–H and O–H groups in total. The predicted molar refractivity (Wildman–Crippen MR) is 94.7 cm³/mol. The number of nitrogens with zero attached hydrogens (tertiary/aromatic N) is 1. The van der Waals surface area contributed by atoms with E-state index in [2.05, 4.69) is 0 Å². The number of hydrogen-bond acceptors (Lipinski definition) is 6. The van der Waals surface area contributed by atoms with Gasteiger partial charge in [0.1, 0.15) is 35.3 Å². The zero-order valence-electron chi connectivity index (χ0n) is 15.8. The van der Waals surface area contributed by atoms with Crippen molar-refractivity contribution in [3.8, 4) is 11.8 Å². The summed E-state index contributed by atoms with van der Waals surface area (Å²) in [6.45, 7) is 8.69. The zero-order valence-corrected chi connectivity index (χ0v) is 15.8. The first-order valence-electron chi connectivity index (χ1n) is 8.57. The van der Waals surface area contributed by atoms with Crippen molar-refractivity contribution in [2.75, 3.05) is 0 Å². The van der Waals surface area contributed by atoms with Crippen LogP contribution >= 0.6 is 0 Å². The molecule has 0 radical (unpaired) electrons. The monoisotopic (exact) mass is 359 g/mol. The Balaban J connectivity index is 2.23. The van der Waals surface area contributed by atoms with Crippen LogP contribution in [0.2, 0.25) is 0 Å². The third-order valence-electron chi connectivity index (χ3n) is 4.21. The summed E-state index contributed by atoms with van der Waals surface area (Å²) < 4.78 is 11.0. The van der Waals surface area contributed by atoms with Crippen LogP contribution in [0.1, 0.15) is 64.5 Å². The van der Waals surface area contributed by atoms with E-state index < -0.39 is 29.2 Å². The molecule has 1 aromatic rings. The molecule has 0 amide bonds. The van der Waals surface area contributed by atoms with Gasteiger partial charge in [0.2, 0.25) is 0 Å². The highest BCUT2D eigenvalue weighted by molar-refractivity contribution is 5.96. The van der Waals surface area contributed by atoms with Gasteiger partial charge in [0.15, 0.2) is 0 Å². The number of aliphatic hydroxyl groups is 1. The van der Waals surface area contributed by atoms with E-state index in [1.165, 1.54) is 0 Å². The highest BCUT2D eigenvalue weighted by atomic mass is 16.6. The van der Waals surface area contributed by atoms with E-state index in [4.69, 9.17) is 14.7 Å². The van der Waals surface area contributed by atoms with Gasteiger partial charge in [-0.1, -0.05) is 0 Å². The molecule has 0 saturated heterocycles. The average molecular weight is 359 g/mol. The maximum Gasteiger partial charge on any atom is 0.313 e. The highest BCUT2D eigenvalue weighted by Gasteiger charge is 2.43. The number of carbonyl (C=O) groups is 2. The minimum atomic E-state index is -0.952. The molecular formula is C20H25NO5. The predicted octanol–water partition coefficient (Wildman–Crippen LogP) is 2.86. The molecule has 2 atom stereocenters. The van der Waals surface area contributed by atoms with Crippen molar-refractivity contribution < 1.29 is 24.2 Å². The second-order valence-corrected chi connectivity index (χ2v) is 8.13. The molecule has 0 unspecified atom stereocenters.